The zero-order valence-electron chi connectivity index (χ0n) is 9.21. The quantitative estimate of drug-likeness (QED) is 0.548. The van der Waals surface area contributed by atoms with E-state index in [9.17, 15) is 9.18 Å². The maximum Gasteiger partial charge on any atom is 0.166 e. The van der Waals surface area contributed by atoms with E-state index in [4.69, 9.17) is 0 Å². The van der Waals surface area contributed by atoms with Gasteiger partial charge in [-0.25, -0.2) is 4.39 Å². The number of carbonyl (C=O) groups excluding carboxylic acids is 1. The molecule has 84 valence electrons. The van der Waals surface area contributed by atoms with Crippen LogP contribution in [0.5, 0.6) is 0 Å². The van der Waals surface area contributed by atoms with Gasteiger partial charge in [0, 0.05) is 11.5 Å². The van der Waals surface area contributed by atoms with Crippen molar-refractivity contribution < 1.29 is 9.18 Å². The molecule has 1 aliphatic carbocycles. The van der Waals surface area contributed by atoms with E-state index in [1.165, 1.54) is 12.1 Å². The summed E-state index contributed by atoms with van der Waals surface area (Å²) in [5.74, 6) is -0.265. The Hall–Kier alpha value is -1.44. The van der Waals surface area contributed by atoms with Gasteiger partial charge >= 0.3 is 0 Å². The normalized spacial score (nSPS) is 20.1. The summed E-state index contributed by atoms with van der Waals surface area (Å²) in [6.45, 7) is 3.67. The third kappa shape index (κ3) is 2.06. The Kier molecular flexibility index (Phi) is 3.18. The van der Waals surface area contributed by atoms with Crippen molar-refractivity contribution in [3.8, 4) is 0 Å². The first kappa shape index (κ1) is 11.1. The van der Waals surface area contributed by atoms with Gasteiger partial charge in [-0.15, -0.1) is 6.58 Å². The molecule has 2 heteroatoms. The minimum atomic E-state index is -0.327. The zero-order chi connectivity index (χ0) is 11.5. The Morgan fingerprint density at radius 1 is 1.50 bits per heavy atom. The Labute approximate surface area is 95.0 Å². The molecule has 1 aromatic carbocycles. The molecule has 0 aromatic heterocycles. The van der Waals surface area contributed by atoms with Crippen molar-refractivity contribution in [2.45, 2.75) is 25.7 Å². The lowest BCUT2D eigenvalue weighted by atomic mass is 9.92. The number of carbonyl (C=O) groups is 1. The molecule has 0 heterocycles. The Bertz CT molecular complexity index is 423. The van der Waals surface area contributed by atoms with E-state index < -0.39 is 0 Å². The smallest absolute Gasteiger partial charge is 0.166 e. The van der Waals surface area contributed by atoms with Crippen LogP contribution in [0.15, 0.2) is 30.9 Å². The third-order valence-electron chi connectivity index (χ3n) is 3.16. The van der Waals surface area contributed by atoms with Crippen molar-refractivity contribution in [3.05, 3.63) is 47.8 Å². The van der Waals surface area contributed by atoms with Crippen LogP contribution in [-0.2, 0) is 6.42 Å². The standard InChI is InChI=1S/C14H15FO/c1-2-4-11-6-3-5-10-7-8-12(15)9-13(10)14(11)16/h2,7-9,11H,1,3-6H2. The fourth-order valence-corrected chi connectivity index (χ4v) is 2.31. The molecule has 1 aromatic rings. The number of rotatable bonds is 2. The van der Waals surface area contributed by atoms with Gasteiger partial charge in [0.15, 0.2) is 5.78 Å². The van der Waals surface area contributed by atoms with E-state index in [2.05, 4.69) is 6.58 Å². The van der Waals surface area contributed by atoms with Crippen molar-refractivity contribution in [1.82, 2.24) is 0 Å². The summed E-state index contributed by atoms with van der Waals surface area (Å²) in [5, 5.41) is 0. The molecule has 0 N–H and O–H groups in total. The second-order valence-corrected chi connectivity index (χ2v) is 4.28. The van der Waals surface area contributed by atoms with Gasteiger partial charge in [-0.1, -0.05) is 12.1 Å². The largest absolute Gasteiger partial charge is 0.294 e. The highest BCUT2D eigenvalue weighted by atomic mass is 19.1. The minimum Gasteiger partial charge on any atom is -0.294 e. The van der Waals surface area contributed by atoms with E-state index in [1.807, 2.05) is 0 Å². The average molecular weight is 218 g/mol. The topological polar surface area (TPSA) is 17.1 Å². The predicted octanol–water partition coefficient (Wildman–Crippen LogP) is 3.54. The number of fused-ring (bicyclic) bond motifs is 1. The van der Waals surface area contributed by atoms with E-state index >= 15 is 0 Å². The van der Waals surface area contributed by atoms with Crippen LogP contribution < -0.4 is 0 Å². The van der Waals surface area contributed by atoms with Gasteiger partial charge in [0.2, 0.25) is 0 Å². The third-order valence-corrected chi connectivity index (χ3v) is 3.16. The molecule has 1 nitrogen and oxygen atoms in total. The fraction of sp³-hybridized carbons (Fsp3) is 0.357. The number of hydrogen-bond acceptors (Lipinski definition) is 1. The van der Waals surface area contributed by atoms with Crippen molar-refractivity contribution in [2.75, 3.05) is 0 Å². The van der Waals surface area contributed by atoms with Crippen LogP contribution in [0.4, 0.5) is 4.39 Å². The van der Waals surface area contributed by atoms with Crippen molar-refractivity contribution in [1.29, 1.82) is 0 Å². The van der Waals surface area contributed by atoms with Crippen molar-refractivity contribution in [3.63, 3.8) is 0 Å². The summed E-state index contributed by atoms with van der Waals surface area (Å²) >= 11 is 0. The molecule has 0 bridgehead atoms. The van der Waals surface area contributed by atoms with Gasteiger partial charge in [0.1, 0.15) is 5.82 Å². The molecule has 0 radical (unpaired) electrons. The monoisotopic (exact) mass is 218 g/mol. The van der Waals surface area contributed by atoms with Crippen LogP contribution in [-0.4, -0.2) is 5.78 Å². The molecular weight excluding hydrogens is 203 g/mol. The van der Waals surface area contributed by atoms with Crippen LogP contribution in [0.2, 0.25) is 0 Å². The highest BCUT2D eigenvalue weighted by Gasteiger charge is 2.24. The molecule has 2 rings (SSSR count). The molecule has 0 saturated carbocycles. The van der Waals surface area contributed by atoms with Gasteiger partial charge in [0.25, 0.3) is 0 Å². The van der Waals surface area contributed by atoms with Gasteiger partial charge in [0.05, 0.1) is 0 Å². The summed E-state index contributed by atoms with van der Waals surface area (Å²) in [6.07, 6.45) is 5.20. The van der Waals surface area contributed by atoms with E-state index in [-0.39, 0.29) is 17.5 Å². The van der Waals surface area contributed by atoms with Crippen LogP contribution >= 0.6 is 0 Å². The first-order valence-corrected chi connectivity index (χ1v) is 5.66. The van der Waals surface area contributed by atoms with Crippen LogP contribution in [0.1, 0.15) is 35.2 Å². The maximum absolute atomic E-state index is 13.1. The number of halogens is 1. The highest BCUT2D eigenvalue weighted by molar-refractivity contribution is 5.99. The Morgan fingerprint density at radius 3 is 3.06 bits per heavy atom. The average Bonchev–Trinajstić information content (AvgIpc) is 2.42. The number of hydrogen-bond donors (Lipinski definition) is 0. The number of aryl methyl sites for hydroxylation is 1. The van der Waals surface area contributed by atoms with Crippen molar-refractivity contribution in [2.24, 2.45) is 5.92 Å². The van der Waals surface area contributed by atoms with Crippen molar-refractivity contribution >= 4 is 5.78 Å². The van der Waals surface area contributed by atoms with E-state index in [0.29, 0.717) is 12.0 Å². The van der Waals surface area contributed by atoms with Crippen LogP contribution in [0.25, 0.3) is 0 Å². The predicted molar refractivity (Wildman–Crippen MR) is 62.0 cm³/mol. The molecule has 0 aliphatic heterocycles. The number of benzene rings is 1. The van der Waals surface area contributed by atoms with Gasteiger partial charge in [-0.05, 0) is 43.4 Å². The summed E-state index contributed by atoms with van der Waals surface area (Å²) in [7, 11) is 0. The zero-order valence-corrected chi connectivity index (χ0v) is 9.21. The summed E-state index contributed by atoms with van der Waals surface area (Å²) in [4.78, 5) is 12.2. The molecular formula is C14H15FO. The van der Waals surface area contributed by atoms with Gasteiger partial charge < -0.3 is 0 Å². The lowest BCUT2D eigenvalue weighted by molar-refractivity contribution is 0.0917. The molecule has 1 aliphatic rings. The number of allylic oxidation sites excluding steroid dienone is 1. The van der Waals surface area contributed by atoms with Gasteiger partial charge in [-0.3, -0.25) is 4.79 Å². The molecule has 16 heavy (non-hydrogen) atoms. The SMILES string of the molecule is C=CCC1CCCc2ccc(F)cc2C1=O. The van der Waals surface area contributed by atoms with Crippen LogP contribution in [0.3, 0.4) is 0 Å². The molecule has 0 amide bonds. The summed E-state index contributed by atoms with van der Waals surface area (Å²) in [6, 6.07) is 4.54. The summed E-state index contributed by atoms with van der Waals surface area (Å²) < 4.78 is 13.1. The summed E-state index contributed by atoms with van der Waals surface area (Å²) in [5.41, 5.74) is 1.56. The second kappa shape index (κ2) is 4.60. The lowest BCUT2D eigenvalue weighted by Crippen LogP contribution is -2.13. The van der Waals surface area contributed by atoms with Gasteiger partial charge in [-0.2, -0.15) is 0 Å². The Morgan fingerprint density at radius 2 is 2.31 bits per heavy atom. The highest BCUT2D eigenvalue weighted by Crippen LogP contribution is 2.27. The minimum absolute atomic E-state index is 0.0134. The lowest BCUT2D eigenvalue weighted by Gasteiger charge is -2.10. The Balaban J connectivity index is 2.39. The molecule has 0 saturated heterocycles. The molecule has 0 spiro atoms. The van der Waals surface area contributed by atoms with E-state index in [0.717, 1.165) is 24.8 Å². The molecule has 1 unspecified atom stereocenters. The molecule has 1 atom stereocenters. The first-order chi connectivity index (χ1) is 7.72. The fourth-order valence-electron chi connectivity index (χ4n) is 2.31. The molecule has 0 fully saturated rings. The maximum atomic E-state index is 13.1. The first-order valence-electron chi connectivity index (χ1n) is 5.66. The van der Waals surface area contributed by atoms with E-state index in [1.54, 1.807) is 12.1 Å². The number of Topliss-reactive ketones (excluding diaryl/α,β-unsaturated/α-hetero) is 1. The van der Waals surface area contributed by atoms with Crippen LogP contribution in [0, 0.1) is 11.7 Å². The number of ketones is 1. The second-order valence-electron chi connectivity index (χ2n) is 4.28.